The summed E-state index contributed by atoms with van der Waals surface area (Å²) in [4.78, 5) is 10.7. The Hall–Kier alpha value is -2.05. The third-order valence-corrected chi connectivity index (χ3v) is 9.51. The third-order valence-electron chi connectivity index (χ3n) is 4.46. The lowest BCUT2D eigenvalue weighted by atomic mass is 10.2. The predicted octanol–water partition coefficient (Wildman–Crippen LogP) is 3.67. The Bertz CT molecular complexity index is 688. The molecule has 0 spiro atoms. The Morgan fingerprint density at radius 1 is 0.962 bits per heavy atom. The monoisotopic (exact) mass is 378 g/mol. The number of alkyl halides is 2. The van der Waals surface area contributed by atoms with Crippen molar-refractivity contribution in [2.75, 3.05) is 6.61 Å². The van der Waals surface area contributed by atoms with E-state index in [1.165, 1.54) is 0 Å². The first-order valence-electron chi connectivity index (χ1n) is 8.47. The average molecular weight is 378 g/mol. The van der Waals surface area contributed by atoms with Crippen LogP contribution in [0, 0.1) is 0 Å². The van der Waals surface area contributed by atoms with Gasteiger partial charge >= 0.3 is 11.9 Å². The number of hydrogen-bond donors (Lipinski definition) is 1. The molecule has 140 valence electrons. The molecule has 1 N–H and O–H groups in total. The lowest BCUT2D eigenvalue weighted by Gasteiger charge is -2.43. The van der Waals surface area contributed by atoms with Crippen LogP contribution < -0.4 is 10.4 Å². The largest absolute Gasteiger partial charge is 0.477 e. The van der Waals surface area contributed by atoms with E-state index in [2.05, 4.69) is 0 Å². The summed E-state index contributed by atoms with van der Waals surface area (Å²) >= 11 is 0. The van der Waals surface area contributed by atoms with E-state index in [1.54, 1.807) is 0 Å². The molecular weight excluding hydrogens is 354 g/mol. The van der Waals surface area contributed by atoms with Crippen LogP contribution >= 0.6 is 0 Å². The van der Waals surface area contributed by atoms with E-state index in [0.29, 0.717) is 0 Å². The lowest BCUT2D eigenvalue weighted by Crippen LogP contribution is -2.66. The van der Waals surface area contributed by atoms with Gasteiger partial charge in [-0.3, -0.25) is 0 Å². The van der Waals surface area contributed by atoms with E-state index < -0.39 is 26.6 Å². The smallest absolute Gasteiger partial charge is 0.374 e. The molecular formula is C20H24F2O3Si. The van der Waals surface area contributed by atoms with Gasteiger partial charge in [0.2, 0.25) is 0 Å². The molecule has 2 rings (SSSR count). The van der Waals surface area contributed by atoms with E-state index in [9.17, 15) is 13.6 Å². The van der Waals surface area contributed by atoms with Crippen molar-refractivity contribution in [1.82, 2.24) is 0 Å². The summed E-state index contributed by atoms with van der Waals surface area (Å²) in [6.45, 7) is 5.78. The van der Waals surface area contributed by atoms with Gasteiger partial charge in [0.25, 0.3) is 8.32 Å². The summed E-state index contributed by atoms with van der Waals surface area (Å²) in [5, 5.41) is 10.3. The van der Waals surface area contributed by atoms with Gasteiger partial charge < -0.3 is 9.53 Å². The van der Waals surface area contributed by atoms with Crippen molar-refractivity contribution in [3.63, 3.8) is 0 Å². The van der Waals surface area contributed by atoms with Gasteiger partial charge in [0.15, 0.2) is 0 Å². The van der Waals surface area contributed by atoms with Gasteiger partial charge in [-0.15, -0.1) is 0 Å². The number of rotatable bonds is 7. The molecule has 0 aliphatic carbocycles. The van der Waals surface area contributed by atoms with Crippen molar-refractivity contribution in [2.24, 2.45) is 0 Å². The van der Waals surface area contributed by atoms with Crippen molar-refractivity contribution >= 4 is 24.7 Å². The zero-order valence-electron chi connectivity index (χ0n) is 15.2. The molecule has 0 saturated heterocycles. The highest BCUT2D eigenvalue weighted by Crippen LogP contribution is 2.37. The molecule has 0 aromatic heterocycles. The summed E-state index contributed by atoms with van der Waals surface area (Å²) < 4.78 is 33.4. The molecule has 2 aromatic carbocycles. The predicted molar refractivity (Wildman–Crippen MR) is 101 cm³/mol. The van der Waals surface area contributed by atoms with E-state index in [-0.39, 0.29) is 11.6 Å². The number of hydrogen-bond acceptors (Lipinski definition) is 2. The maximum absolute atomic E-state index is 13.6. The van der Waals surface area contributed by atoms with E-state index in [0.717, 1.165) is 10.4 Å². The van der Waals surface area contributed by atoms with Gasteiger partial charge in [-0.2, -0.15) is 8.78 Å². The molecule has 0 heterocycles. The molecule has 0 aliphatic heterocycles. The minimum absolute atomic E-state index is 0.327. The van der Waals surface area contributed by atoms with Gasteiger partial charge in [0.05, 0.1) is 0 Å². The first kappa shape index (κ1) is 20.3. The van der Waals surface area contributed by atoms with Gasteiger partial charge in [-0.1, -0.05) is 81.4 Å². The van der Waals surface area contributed by atoms with Crippen LogP contribution in [0.2, 0.25) is 5.04 Å². The van der Waals surface area contributed by atoms with Gasteiger partial charge in [-0.05, 0) is 15.4 Å². The number of aliphatic carboxylic acids is 1. The standard InChI is InChI=1S/C20H24F2O3Si/c1-19(2,3)26(16-10-6-4-7-11-16,17-12-8-5-9-13-17)25-15-14-20(21,22)18(23)24/h4-13H,14-15H2,1-3H3,(H,23,24). The molecule has 0 amide bonds. The lowest BCUT2D eigenvalue weighted by molar-refractivity contribution is -0.166. The highest BCUT2D eigenvalue weighted by Gasteiger charge is 2.50. The molecule has 26 heavy (non-hydrogen) atoms. The molecule has 2 aromatic rings. The van der Waals surface area contributed by atoms with E-state index in [1.807, 2.05) is 81.4 Å². The Morgan fingerprint density at radius 2 is 1.38 bits per heavy atom. The fourth-order valence-electron chi connectivity index (χ4n) is 3.20. The van der Waals surface area contributed by atoms with Crippen LogP contribution in [0.1, 0.15) is 27.2 Å². The van der Waals surface area contributed by atoms with Crippen molar-refractivity contribution in [3.05, 3.63) is 60.7 Å². The summed E-state index contributed by atoms with van der Waals surface area (Å²) in [5.41, 5.74) is 0. The van der Waals surface area contributed by atoms with Gasteiger partial charge in [-0.25, -0.2) is 4.79 Å². The Morgan fingerprint density at radius 3 is 1.73 bits per heavy atom. The topological polar surface area (TPSA) is 46.5 Å². The SMILES string of the molecule is CC(C)(C)[Si](OCCC(F)(F)C(=O)O)(c1ccccc1)c1ccccc1. The normalized spacial score (nSPS) is 12.8. The van der Waals surface area contributed by atoms with Crippen LogP contribution in [-0.2, 0) is 9.22 Å². The summed E-state index contributed by atoms with van der Waals surface area (Å²) in [6.07, 6.45) is -0.854. The second-order valence-corrected chi connectivity index (χ2v) is 11.6. The molecule has 0 saturated carbocycles. The third kappa shape index (κ3) is 4.02. The zero-order valence-corrected chi connectivity index (χ0v) is 16.2. The number of halogens is 2. The Labute approximate surface area is 153 Å². The second kappa shape index (κ2) is 7.68. The summed E-state index contributed by atoms with van der Waals surface area (Å²) in [5.74, 6) is -5.92. The molecule has 6 heteroatoms. The van der Waals surface area contributed by atoms with Crippen LogP contribution in [0.25, 0.3) is 0 Å². The first-order valence-corrected chi connectivity index (χ1v) is 10.4. The van der Waals surface area contributed by atoms with Crippen LogP contribution in [0.15, 0.2) is 60.7 Å². The van der Waals surface area contributed by atoms with Gasteiger partial charge in [0.1, 0.15) is 0 Å². The van der Waals surface area contributed by atoms with Gasteiger partial charge in [0, 0.05) is 13.0 Å². The van der Waals surface area contributed by atoms with Crippen LogP contribution in [0.5, 0.6) is 0 Å². The number of carbonyl (C=O) groups is 1. The molecule has 0 fully saturated rings. The van der Waals surface area contributed by atoms with Crippen LogP contribution in [0.3, 0.4) is 0 Å². The molecule has 0 atom stereocenters. The molecule has 0 aliphatic rings. The average Bonchev–Trinajstić information content (AvgIpc) is 2.59. The summed E-state index contributed by atoms with van der Waals surface area (Å²) in [7, 11) is -2.91. The minimum Gasteiger partial charge on any atom is -0.477 e. The molecule has 0 unspecified atom stereocenters. The van der Waals surface area contributed by atoms with Crippen LogP contribution in [-0.4, -0.2) is 31.9 Å². The Kier molecular flexibility index (Phi) is 5.98. The van der Waals surface area contributed by atoms with E-state index in [4.69, 9.17) is 9.53 Å². The maximum Gasteiger partial charge on any atom is 0.374 e. The zero-order chi connectivity index (χ0) is 19.4. The fourth-order valence-corrected chi connectivity index (χ4v) is 7.76. The molecule has 3 nitrogen and oxygen atoms in total. The van der Waals surface area contributed by atoms with Crippen LogP contribution in [0.4, 0.5) is 8.78 Å². The van der Waals surface area contributed by atoms with Crippen molar-refractivity contribution < 1.29 is 23.1 Å². The highest BCUT2D eigenvalue weighted by molar-refractivity contribution is 6.99. The van der Waals surface area contributed by atoms with E-state index >= 15 is 0 Å². The number of carboxylic acid groups (broad SMARTS) is 1. The second-order valence-electron chi connectivity index (χ2n) is 7.27. The van der Waals surface area contributed by atoms with Crippen molar-refractivity contribution in [2.45, 2.75) is 38.2 Å². The quantitative estimate of drug-likeness (QED) is 0.748. The van der Waals surface area contributed by atoms with Crippen molar-refractivity contribution in [1.29, 1.82) is 0 Å². The summed E-state index contributed by atoms with van der Waals surface area (Å²) in [6, 6.07) is 19.2. The first-order chi connectivity index (χ1) is 12.1. The van der Waals surface area contributed by atoms with Crippen molar-refractivity contribution in [3.8, 4) is 0 Å². The minimum atomic E-state index is -3.80. The Balaban J connectivity index is 2.49. The maximum atomic E-state index is 13.6. The highest BCUT2D eigenvalue weighted by atomic mass is 28.4. The number of carboxylic acids is 1. The molecule has 0 radical (unpaired) electrons. The molecule has 0 bridgehead atoms. The number of benzene rings is 2. The fraction of sp³-hybridized carbons (Fsp3) is 0.350.